The number of amides is 1. The molecule has 1 saturated heterocycles. The molecule has 0 bridgehead atoms. The molecule has 5 heterocycles. The first-order valence-corrected chi connectivity index (χ1v) is 11.8. The van der Waals surface area contributed by atoms with Crippen LogP contribution in [0.5, 0.6) is 0 Å². The number of ether oxygens (including phenoxy) is 1. The van der Waals surface area contributed by atoms with Crippen molar-refractivity contribution in [2.24, 2.45) is 0 Å². The van der Waals surface area contributed by atoms with E-state index in [1.54, 1.807) is 15.6 Å². The van der Waals surface area contributed by atoms with Crippen LogP contribution in [0.3, 0.4) is 0 Å². The fraction of sp³-hybridized carbons (Fsp3) is 0.400. The highest BCUT2D eigenvalue weighted by molar-refractivity contribution is 5.69. The highest BCUT2D eigenvalue weighted by atomic mass is 19.1. The zero-order valence-corrected chi connectivity index (χ0v) is 20.9. The zero-order valence-electron chi connectivity index (χ0n) is 20.9. The second-order valence-corrected chi connectivity index (χ2v) is 10.0. The van der Waals surface area contributed by atoms with E-state index < -0.39 is 17.1 Å². The monoisotopic (exact) mass is 493 g/mol. The first-order chi connectivity index (χ1) is 17.0. The van der Waals surface area contributed by atoms with Gasteiger partial charge in [0.05, 0.1) is 16.9 Å². The lowest BCUT2D eigenvalue weighted by Crippen LogP contribution is -2.50. The van der Waals surface area contributed by atoms with Gasteiger partial charge in [0, 0.05) is 49.7 Å². The maximum Gasteiger partial charge on any atom is 0.410 e. The average Bonchev–Trinajstić information content (AvgIpc) is 3.19. The Labute approximate surface area is 206 Å². The largest absolute Gasteiger partial charge is 0.444 e. The minimum atomic E-state index is -0.624. The lowest BCUT2D eigenvalue weighted by molar-refractivity contribution is 0.0240. The van der Waals surface area contributed by atoms with Gasteiger partial charge in [-0.05, 0) is 52.8 Å². The Kier molecular flexibility index (Phi) is 5.65. The van der Waals surface area contributed by atoms with Crippen LogP contribution in [0.15, 0.2) is 35.3 Å². The average molecular weight is 494 g/mol. The van der Waals surface area contributed by atoms with Crippen LogP contribution in [0.25, 0.3) is 22.6 Å². The van der Waals surface area contributed by atoms with Gasteiger partial charge in [0.15, 0.2) is 17.3 Å². The number of anilines is 1. The molecule has 1 aliphatic rings. The van der Waals surface area contributed by atoms with E-state index in [9.17, 15) is 9.59 Å². The van der Waals surface area contributed by atoms with Crippen molar-refractivity contribution in [3.63, 3.8) is 0 Å². The molecule has 10 nitrogen and oxygen atoms in total. The number of nitrogens with zero attached hydrogens (tertiary/aromatic N) is 7. The maximum absolute atomic E-state index is 15.2. The quantitative estimate of drug-likeness (QED) is 0.423. The number of pyridine rings is 2. The molecule has 0 atom stereocenters. The van der Waals surface area contributed by atoms with Crippen LogP contribution >= 0.6 is 0 Å². The van der Waals surface area contributed by atoms with Gasteiger partial charge in [-0.25, -0.2) is 27.9 Å². The smallest absolute Gasteiger partial charge is 0.410 e. The summed E-state index contributed by atoms with van der Waals surface area (Å²) in [6.45, 7) is 11.1. The Balaban J connectivity index is 1.43. The summed E-state index contributed by atoms with van der Waals surface area (Å²) in [7, 11) is 0. The van der Waals surface area contributed by atoms with E-state index in [1.165, 1.54) is 6.07 Å². The standard InChI is InChI=1S/C25H28FN7O3/c1-15-10-18-12-17(11-16(2)33(18)29-15)21-27-22-20(26)13-19(14-32(22)23(34)28-21)30-6-8-31(9-7-30)24(35)36-25(3,4)5/h10-14H,6-9H2,1-5H3. The van der Waals surface area contributed by atoms with Gasteiger partial charge in [0.25, 0.3) is 0 Å². The van der Waals surface area contributed by atoms with Crippen molar-refractivity contribution in [3.8, 4) is 11.4 Å². The first kappa shape index (κ1) is 23.7. The summed E-state index contributed by atoms with van der Waals surface area (Å²) in [4.78, 5) is 37.3. The Morgan fingerprint density at radius 3 is 2.44 bits per heavy atom. The molecule has 1 amide bonds. The van der Waals surface area contributed by atoms with Gasteiger partial charge >= 0.3 is 11.8 Å². The van der Waals surface area contributed by atoms with Gasteiger partial charge in [-0.2, -0.15) is 10.1 Å². The molecule has 1 fully saturated rings. The summed E-state index contributed by atoms with van der Waals surface area (Å²) in [6, 6.07) is 6.93. The number of fused-ring (bicyclic) bond motifs is 2. The summed E-state index contributed by atoms with van der Waals surface area (Å²) in [5, 5.41) is 4.43. The van der Waals surface area contributed by atoms with E-state index in [4.69, 9.17) is 4.74 Å². The summed E-state index contributed by atoms with van der Waals surface area (Å²) in [5.41, 5.74) is 2.40. The lowest BCUT2D eigenvalue weighted by Gasteiger charge is -2.36. The number of hydrogen-bond acceptors (Lipinski definition) is 7. The van der Waals surface area contributed by atoms with Gasteiger partial charge in [-0.1, -0.05) is 0 Å². The molecular weight excluding hydrogens is 465 g/mol. The predicted molar refractivity (Wildman–Crippen MR) is 133 cm³/mol. The lowest BCUT2D eigenvalue weighted by atomic mass is 10.2. The normalized spacial score (nSPS) is 14.6. The van der Waals surface area contributed by atoms with E-state index in [2.05, 4.69) is 15.1 Å². The summed E-state index contributed by atoms with van der Waals surface area (Å²) >= 11 is 0. The zero-order chi connectivity index (χ0) is 25.8. The van der Waals surface area contributed by atoms with Crippen molar-refractivity contribution in [1.29, 1.82) is 0 Å². The maximum atomic E-state index is 15.2. The topological polar surface area (TPSA) is 97.3 Å². The number of carbonyl (C=O) groups excluding carboxylic acids is 1. The van der Waals surface area contributed by atoms with Crippen molar-refractivity contribution in [3.05, 3.63) is 58.2 Å². The van der Waals surface area contributed by atoms with Crippen LogP contribution in [-0.2, 0) is 4.74 Å². The Morgan fingerprint density at radius 2 is 1.75 bits per heavy atom. The number of halogens is 1. The van der Waals surface area contributed by atoms with E-state index in [0.717, 1.165) is 21.3 Å². The number of piperazine rings is 1. The van der Waals surface area contributed by atoms with E-state index >= 15 is 4.39 Å². The molecule has 36 heavy (non-hydrogen) atoms. The molecule has 4 aromatic heterocycles. The highest BCUT2D eigenvalue weighted by Crippen LogP contribution is 2.23. The Hall–Kier alpha value is -4.02. The van der Waals surface area contributed by atoms with Crippen molar-refractivity contribution in [1.82, 2.24) is 28.9 Å². The SMILES string of the molecule is Cc1cc2cc(-c3nc(=O)n4cc(N5CCN(C(=O)OC(C)(C)C)CC5)cc(F)c4n3)cc(C)n2n1. The van der Waals surface area contributed by atoms with Crippen LogP contribution in [0.4, 0.5) is 14.9 Å². The minimum Gasteiger partial charge on any atom is -0.444 e. The van der Waals surface area contributed by atoms with Crippen LogP contribution in [0.2, 0.25) is 0 Å². The van der Waals surface area contributed by atoms with E-state index in [-0.39, 0.29) is 17.6 Å². The number of aromatic nitrogens is 5. The van der Waals surface area contributed by atoms with E-state index in [0.29, 0.717) is 37.4 Å². The van der Waals surface area contributed by atoms with Crippen LogP contribution in [0.1, 0.15) is 32.2 Å². The van der Waals surface area contributed by atoms with Crippen molar-refractivity contribution in [2.45, 2.75) is 40.2 Å². The molecule has 0 N–H and O–H groups in total. The van der Waals surface area contributed by atoms with Crippen molar-refractivity contribution >= 4 is 22.9 Å². The fourth-order valence-corrected chi connectivity index (χ4v) is 4.36. The van der Waals surface area contributed by atoms with Crippen molar-refractivity contribution < 1.29 is 13.9 Å². The van der Waals surface area contributed by atoms with Gasteiger partial charge in [0.1, 0.15) is 5.60 Å². The first-order valence-electron chi connectivity index (χ1n) is 11.8. The molecule has 0 aliphatic carbocycles. The molecular formula is C25H28FN7O3. The Bertz CT molecular complexity index is 1550. The van der Waals surface area contributed by atoms with Crippen LogP contribution < -0.4 is 10.6 Å². The van der Waals surface area contributed by atoms with Crippen molar-refractivity contribution in [2.75, 3.05) is 31.1 Å². The molecule has 11 heteroatoms. The highest BCUT2D eigenvalue weighted by Gasteiger charge is 2.26. The minimum absolute atomic E-state index is 0.0941. The summed E-state index contributed by atoms with van der Waals surface area (Å²) < 4.78 is 23.6. The molecule has 4 aromatic rings. The second kappa shape index (κ2) is 8.58. The fourth-order valence-electron chi connectivity index (χ4n) is 4.36. The molecule has 0 radical (unpaired) electrons. The van der Waals surface area contributed by atoms with Gasteiger partial charge < -0.3 is 14.5 Å². The third kappa shape index (κ3) is 4.48. The summed E-state index contributed by atoms with van der Waals surface area (Å²) in [5.74, 6) is -0.470. The number of hydrogen-bond donors (Lipinski definition) is 0. The van der Waals surface area contributed by atoms with Crippen LogP contribution in [-0.4, -0.2) is 66.8 Å². The predicted octanol–water partition coefficient (Wildman–Crippen LogP) is 3.22. The number of rotatable bonds is 2. The van der Waals surface area contributed by atoms with Gasteiger partial charge in [-0.15, -0.1) is 0 Å². The molecule has 0 saturated carbocycles. The van der Waals surface area contributed by atoms with Gasteiger partial charge in [-0.3, -0.25) is 0 Å². The third-order valence-electron chi connectivity index (χ3n) is 6.01. The number of carbonyl (C=O) groups is 1. The van der Waals surface area contributed by atoms with E-state index in [1.807, 2.05) is 57.7 Å². The molecule has 1 aliphatic heterocycles. The summed E-state index contributed by atoms with van der Waals surface area (Å²) in [6.07, 6.45) is 1.17. The number of aryl methyl sites for hydroxylation is 2. The van der Waals surface area contributed by atoms with Gasteiger partial charge in [0.2, 0.25) is 0 Å². The Morgan fingerprint density at radius 1 is 1.03 bits per heavy atom. The second-order valence-electron chi connectivity index (χ2n) is 10.0. The molecule has 0 spiro atoms. The molecule has 0 unspecified atom stereocenters. The molecule has 5 rings (SSSR count). The molecule has 188 valence electrons. The molecule has 0 aromatic carbocycles. The third-order valence-corrected chi connectivity index (χ3v) is 6.01. The van der Waals surface area contributed by atoms with Crippen LogP contribution in [0, 0.1) is 19.7 Å².